The van der Waals surface area contributed by atoms with Gasteiger partial charge in [0.15, 0.2) is 5.76 Å². The summed E-state index contributed by atoms with van der Waals surface area (Å²) >= 11 is 0. The van der Waals surface area contributed by atoms with E-state index in [-0.39, 0.29) is 18.7 Å². The first kappa shape index (κ1) is 15.5. The molecule has 0 fully saturated rings. The van der Waals surface area contributed by atoms with Gasteiger partial charge in [-0.15, -0.1) is 0 Å². The molecule has 0 radical (unpaired) electrons. The van der Waals surface area contributed by atoms with Crippen molar-refractivity contribution in [2.45, 2.75) is 46.6 Å². The molecule has 0 spiro atoms. The summed E-state index contributed by atoms with van der Waals surface area (Å²) in [5.41, 5.74) is 1.26. The van der Waals surface area contributed by atoms with Gasteiger partial charge < -0.3 is 20.3 Å². The molecule has 1 atom stereocenters. The Kier molecular flexibility index (Phi) is 5.82. The number of hydrogen-bond acceptors (Lipinski definition) is 4. The van der Waals surface area contributed by atoms with E-state index in [1.165, 1.54) is 0 Å². The van der Waals surface area contributed by atoms with E-state index in [4.69, 9.17) is 4.52 Å². The monoisotopic (exact) mass is 269 g/mol. The van der Waals surface area contributed by atoms with E-state index < -0.39 is 0 Å². The van der Waals surface area contributed by atoms with E-state index in [0.717, 1.165) is 6.42 Å². The molecule has 1 aromatic rings. The van der Waals surface area contributed by atoms with Crippen molar-refractivity contribution in [1.82, 2.24) is 10.5 Å². The largest absolute Gasteiger partial charge is 0.394 e. The molecule has 3 N–H and O–H groups in total. The number of nitrogens with one attached hydrogen (secondary N) is 2. The van der Waals surface area contributed by atoms with Crippen LogP contribution in [-0.2, 0) is 6.42 Å². The van der Waals surface area contributed by atoms with Gasteiger partial charge in [0.1, 0.15) is 11.4 Å². The van der Waals surface area contributed by atoms with Crippen LogP contribution in [0.25, 0.3) is 0 Å². The van der Waals surface area contributed by atoms with E-state index in [0.29, 0.717) is 29.5 Å². The molecule has 0 aliphatic rings. The Hall–Kier alpha value is -1.56. The Morgan fingerprint density at radius 3 is 2.68 bits per heavy atom. The lowest BCUT2D eigenvalue weighted by Crippen LogP contribution is -2.41. The molecular weight excluding hydrogens is 246 g/mol. The van der Waals surface area contributed by atoms with E-state index >= 15 is 0 Å². The van der Waals surface area contributed by atoms with Crippen molar-refractivity contribution < 1.29 is 14.4 Å². The maximum Gasteiger partial charge on any atom is 0.319 e. The Morgan fingerprint density at radius 2 is 2.16 bits per heavy atom. The predicted octanol–water partition coefficient (Wildman–Crippen LogP) is 2.07. The normalized spacial score (nSPS) is 12.5. The van der Waals surface area contributed by atoms with Gasteiger partial charge in [-0.2, -0.15) is 0 Å². The van der Waals surface area contributed by atoms with E-state index in [1.807, 2.05) is 20.8 Å². The first-order valence-corrected chi connectivity index (χ1v) is 6.61. The number of hydrogen-bond donors (Lipinski definition) is 3. The van der Waals surface area contributed by atoms with Gasteiger partial charge in [0.25, 0.3) is 0 Å². The van der Waals surface area contributed by atoms with Crippen LogP contribution < -0.4 is 10.6 Å². The molecule has 6 heteroatoms. The summed E-state index contributed by atoms with van der Waals surface area (Å²) < 4.78 is 5.10. The zero-order valence-electron chi connectivity index (χ0n) is 12.0. The molecule has 1 unspecified atom stereocenters. The highest BCUT2D eigenvalue weighted by Gasteiger charge is 2.17. The molecule has 6 nitrogen and oxygen atoms in total. The van der Waals surface area contributed by atoms with Crippen LogP contribution in [0.4, 0.5) is 10.5 Å². The van der Waals surface area contributed by atoms with Crippen molar-refractivity contribution in [2.75, 3.05) is 11.9 Å². The second-order valence-electron chi connectivity index (χ2n) is 5.03. The lowest BCUT2D eigenvalue weighted by molar-refractivity contribution is 0.214. The number of carbonyl (C=O) groups is 1. The topological polar surface area (TPSA) is 87.4 Å². The highest BCUT2D eigenvalue weighted by molar-refractivity contribution is 5.90. The molecule has 0 aliphatic heterocycles. The Labute approximate surface area is 113 Å². The van der Waals surface area contributed by atoms with Crippen LogP contribution in [0.3, 0.4) is 0 Å². The minimum absolute atomic E-state index is 0.0745. The Bertz CT molecular complexity index is 415. The molecule has 19 heavy (non-hydrogen) atoms. The lowest BCUT2D eigenvalue weighted by Gasteiger charge is -2.18. The third kappa shape index (κ3) is 4.55. The van der Waals surface area contributed by atoms with Gasteiger partial charge in [0, 0.05) is 6.42 Å². The van der Waals surface area contributed by atoms with Gasteiger partial charge in [-0.3, -0.25) is 0 Å². The van der Waals surface area contributed by atoms with Crippen LogP contribution in [0.2, 0.25) is 0 Å². The molecule has 0 saturated carbocycles. The van der Waals surface area contributed by atoms with Crippen LogP contribution in [0.5, 0.6) is 0 Å². The fourth-order valence-electron chi connectivity index (χ4n) is 1.90. The van der Waals surface area contributed by atoms with Crippen molar-refractivity contribution in [3.05, 3.63) is 11.5 Å². The molecular formula is C13H23N3O3. The van der Waals surface area contributed by atoms with Gasteiger partial charge >= 0.3 is 6.03 Å². The number of rotatable bonds is 6. The number of amides is 2. The van der Waals surface area contributed by atoms with Crippen LogP contribution in [-0.4, -0.2) is 28.9 Å². The van der Waals surface area contributed by atoms with Crippen LogP contribution in [0, 0.1) is 12.8 Å². The second-order valence-corrected chi connectivity index (χ2v) is 5.03. The van der Waals surface area contributed by atoms with Crippen molar-refractivity contribution in [1.29, 1.82) is 0 Å². The molecule has 1 rings (SSSR count). The number of urea groups is 1. The van der Waals surface area contributed by atoms with Crippen molar-refractivity contribution in [2.24, 2.45) is 5.92 Å². The van der Waals surface area contributed by atoms with Gasteiger partial charge in [-0.05, 0) is 19.3 Å². The van der Waals surface area contributed by atoms with Crippen LogP contribution in [0.1, 0.15) is 38.6 Å². The van der Waals surface area contributed by atoms with Crippen molar-refractivity contribution >= 4 is 11.7 Å². The number of aryl methyl sites for hydroxylation is 2. The summed E-state index contributed by atoms with van der Waals surface area (Å²) in [6.07, 6.45) is 1.39. The first-order valence-electron chi connectivity index (χ1n) is 6.61. The minimum Gasteiger partial charge on any atom is -0.394 e. The zero-order chi connectivity index (χ0) is 14.4. The molecule has 1 heterocycles. The summed E-state index contributed by atoms with van der Waals surface area (Å²) in [6.45, 7) is 7.71. The molecule has 0 bridgehead atoms. The van der Waals surface area contributed by atoms with Crippen molar-refractivity contribution in [3.63, 3.8) is 0 Å². The molecule has 2 amide bonds. The average Bonchev–Trinajstić information content (AvgIpc) is 2.69. The number of carbonyl (C=O) groups excluding carboxylic acids is 1. The summed E-state index contributed by atoms with van der Waals surface area (Å²) in [5.74, 6) is 1.05. The van der Waals surface area contributed by atoms with E-state index in [2.05, 4.69) is 15.8 Å². The lowest BCUT2D eigenvalue weighted by atomic mass is 10.0. The molecule has 0 aliphatic carbocycles. The molecule has 108 valence electrons. The Morgan fingerprint density at radius 1 is 1.47 bits per heavy atom. The summed E-state index contributed by atoms with van der Waals surface area (Å²) in [6, 6.07) is -0.592. The fraction of sp³-hybridized carbons (Fsp3) is 0.692. The highest BCUT2D eigenvalue weighted by Crippen LogP contribution is 2.20. The van der Waals surface area contributed by atoms with Gasteiger partial charge in [-0.1, -0.05) is 25.9 Å². The van der Waals surface area contributed by atoms with Crippen LogP contribution in [0.15, 0.2) is 4.52 Å². The number of anilines is 1. The summed E-state index contributed by atoms with van der Waals surface area (Å²) in [7, 11) is 0. The second kappa shape index (κ2) is 7.13. The fourth-order valence-corrected chi connectivity index (χ4v) is 1.90. The van der Waals surface area contributed by atoms with Gasteiger partial charge in [-0.25, -0.2) is 4.79 Å². The molecule has 0 saturated heterocycles. The molecule has 0 aromatic carbocycles. The van der Waals surface area contributed by atoms with E-state index in [1.54, 1.807) is 6.92 Å². The number of aliphatic hydroxyl groups is 1. The van der Waals surface area contributed by atoms with Crippen LogP contribution >= 0.6 is 0 Å². The molecule has 1 aromatic heterocycles. The number of nitrogens with zero attached hydrogens (tertiary/aromatic N) is 1. The predicted molar refractivity (Wildman–Crippen MR) is 73.1 cm³/mol. The minimum atomic E-state index is -0.347. The van der Waals surface area contributed by atoms with E-state index in [9.17, 15) is 9.90 Å². The quantitative estimate of drug-likeness (QED) is 0.737. The summed E-state index contributed by atoms with van der Waals surface area (Å²) in [4.78, 5) is 11.9. The third-order valence-corrected chi connectivity index (χ3v) is 2.80. The third-order valence-electron chi connectivity index (χ3n) is 2.80. The zero-order valence-corrected chi connectivity index (χ0v) is 12.0. The van der Waals surface area contributed by atoms with Gasteiger partial charge in [0.2, 0.25) is 0 Å². The highest BCUT2D eigenvalue weighted by atomic mass is 16.5. The van der Waals surface area contributed by atoms with Gasteiger partial charge in [0.05, 0.1) is 12.6 Å². The standard InChI is InChI=1S/C13H23N3O3/c1-5-11-12(9(4)16-19-11)15-13(18)14-10(7-17)6-8(2)3/h8,10,17H,5-7H2,1-4H3,(H2,14,15,18). The average molecular weight is 269 g/mol. The smallest absolute Gasteiger partial charge is 0.319 e. The number of aromatic nitrogens is 1. The maximum absolute atomic E-state index is 11.9. The number of aliphatic hydroxyl groups excluding tert-OH is 1. The Balaban J connectivity index is 2.61. The summed E-state index contributed by atoms with van der Waals surface area (Å²) in [5, 5.41) is 18.5. The van der Waals surface area contributed by atoms with Crippen molar-refractivity contribution in [3.8, 4) is 0 Å². The first-order chi connectivity index (χ1) is 8.97. The SMILES string of the molecule is CCc1onc(C)c1NC(=O)NC(CO)CC(C)C. The maximum atomic E-state index is 11.9.